The molecule has 1 aromatic heterocycles. The summed E-state index contributed by atoms with van der Waals surface area (Å²) >= 11 is 11.5. The van der Waals surface area contributed by atoms with Crippen molar-refractivity contribution in [3.8, 4) is 0 Å². The molecule has 2 aromatic carbocycles. The van der Waals surface area contributed by atoms with E-state index in [0.29, 0.717) is 40.1 Å². The maximum Gasteiger partial charge on any atom is 0.262 e. The largest absolute Gasteiger partial charge is 0.335 e. The maximum atomic E-state index is 14.2. The molecule has 0 radical (unpaired) electrons. The van der Waals surface area contributed by atoms with Gasteiger partial charge in [0, 0.05) is 29.6 Å². The SMILES string of the molecule is O=C(CCCCCn1c(=S)[nH]c2ccccc2c1=O)N(Cc1c(F)cccc1Cl)C1CC1. The van der Waals surface area contributed by atoms with Crippen LogP contribution in [0.1, 0.15) is 44.1 Å². The highest BCUT2D eigenvalue weighted by molar-refractivity contribution is 7.71. The van der Waals surface area contributed by atoms with E-state index in [0.717, 1.165) is 31.2 Å². The van der Waals surface area contributed by atoms with Crippen molar-refractivity contribution >= 4 is 40.6 Å². The summed E-state index contributed by atoms with van der Waals surface area (Å²) in [5, 5.41) is 0.962. The number of aromatic amines is 1. The van der Waals surface area contributed by atoms with Gasteiger partial charge < -0.3 is 9.88 Å². The number of carbonyl (C=O) groups excluding carboxylic acids is 1. The average Bonchev–Trinajstić information content (AvgIpc) is 3.60. The van der Waals surface area contributed by atoms with Gasteiger partial charge in [0.1, 0.15) is 5.82 Å². The van der Waals surface area contributed by atoms with Crippen LogP contribution < -0.4 is 5.56 Å². The number of unbranched alkanes of at least 4 members (excludes halogenated alkanes) is 2. The third kappa shape index (κ3) is 5.10. The second-order valence-electron chi connectivity index (χ2n) is 8.20. The summed E-state index contributed by atoms with van der Waals surface area (Å²) < 4.78 is 16.2. The number of hydrogen-bond donors (Lipinski definition) is 1. The number of nitrogens with zero attached hydrogens (tertiary/aromatic N) is 2. The molecule has 0 unspecified atom stereocenters. The number of H-pyrrole nitrogens is 1. The molecule has 0 atom stereocenters. The summed E-state index contributed by atoms with van der Waals surface area (Å²) in [4.78, 5) is 30.4. The van der Waals surface area contributed by atoms with Crippen LogP contribution >= 0.6 is 23.8 Å². The lowest BCUT2D eigenvalue weighted by Crippen LogP contribution is -2.32. The number of hydrogen-bond acceptors (Lipinski definition) is 3. The third-order valence-electron chi connectivity index (χ3n) is 5.86. The monoisotopic (exact) mass is 473 g/mol. The molecule has 1 fully saturated rings. The van der Waals surface area contributed by atoms with Gasteiger partial charge in [0.2, 0.25) is 5.91 Å². The van der Waals surface area contributed by atoms with Crippen LogP contribution in [0.2, 0.25) is 5.02 Å². The lowest BCUT2D eigenvalue weighted by Gasteiger charge is -2.23. The topological polar surface area (TPSA) is 58.1 Å². The molecular formula is C24H25ClFN3O2S. The Morgan fingerprint density at radius 2 is 1.94 bits per heavy atom. The van der Waals surface area contributed by atoms with Crippen molar-refractivity contribution in [3.05, 3.63) is 74.0 Å². The molecule has 1 saturated carbocycles. The van der Waals surface area contributed by atoms with Crippen LogP contribution in [0.25, 0.3) is 10.9 Å². The van der Waals surface area contributed by atoms with Crippen LogP contribution in [-0.4, -0.2) is 26.4 Å². The summed E-state index contributed by atoms with van der Waals surface area (Å²) in [7, 11) is 0. The standard InChI is InChI=1S/C24H25ClFN3O2S/c25-19-8-6-9-20(26)18(19)15-29(16-12-13-16)22(30)11-2-1-5-14-28-23(31)17-7-3-4-10-21(17)27-24(28)32/h3-4,6-10,16H,1-2,5,11-15H2,(H,27,32). The van der Waals surface area contributed by atoms with E-state index in [1.165, 1.54) is 6.07 Å². The van der Waals surface area contributed by atoms with E-state index in [1.54, 1.807) is 27.7 Å². The second-order valence-corrected chi connectivity index (χ2v) is 8.99. The molecule has 1 aliphatic rings. The molecule has 168 valence electrons. The van der Waals surface area contributed by atoms with E-state index in [2.05, 4.69) is 4.98 Å². The lowest BCUT2D eigenvalue weighted by atomic mass is 10.1. The van der Waals surface area contributed by atoms with Crippen LogP contribution in [0.3, 0.4) is 0 Å². The Morgan fingerprint density at radius 1 is 1.16 bits per heavy atom. The lowest BCUT2D eigenvalue weighted by molar-refractivity contribution is -0.132. The molecule has 32 heavy (non-hydrogen) atoms. The highest BCUT2D eigenvalue weighted by Crippen LogP contribution is 2.31. The zero-order chi connectivity index (χ0) is 22.7. The first-order chi connectivity index (χ1) is 15.5. The normalized spacial score (nSPS) is 13.4. The predicted octanol–water partition coefficient (Wildman–Crippen LogP) is 5.60. The first-order valence-electron chi connectivity index (χ1n) is 10.9. The zero-order valence-electron chi connectivity index (χ0n) is 17.7. The first-order valence-corrected chi connectivity index (χ1v) is 11.7. The summed E-state index contributed by atoms with van der Waals surface area (Å²) in [5.74, 6) is -0.361. The zero-order valence-corrected chi connectivity index (χ0v) is 19.2. The van der Waals surface area contributed by atoms with Crippen LogP contribution in [0, 0.1) is 10.6 Å². The second kappa shape index (κ2) is 9.96. The van der Waals surface area contributed by atoms with Crippen LogP contribution in [0.5, 0.6) is 0 Å². The molecular weight excluding hydrogens is 449 g/mol. The van der Waals surface area contributed by atoms with Crippen LogP contribution in [0.15, 0.2) is 47.3 Å². The Morgan fingerprint density at radius 3 is 2.69 bits per heavy atom. The average molecular weight is 474 g/mol. The van der Waals surface area contributed by atoms with Crippen molar-refractivity contribution < 1.29 is 9.18 Å². The molecule has 0 spiro atoms. The van der Waals surface area contributed by atoms with Gasteiger partial charge in [-0.05, 0) is 62.2 Å². The van der Waals surface area contributed by atoms with E-state index in [4.69, 9.17) is 23.8 Å². The minimum atomic E-state index is -0.381. The van der Waals surface area contributed by atoms with Crippen LogP contribution in [-0.2, 0) is 17.9 Å². The first kappa shape index (κ1) is 22.7. The molecule has 1 N–H and O–H groups in total. The summed E-state index contributed by atoms with van der Waals surface area (Å²) in [5.41, 5.74) is 1.01. The number of nitrogens with one attached hydrogen (secondary N) is 1. The number of carbonyl (C=O) groups is 1. The Labute approximate surface area is 195 Å². The van der Waals surface area contributed by atoms with Gasteiger partial charge in [-0.25, -0.2) is 4.39 Å². The Hall–Kier alpha value is -2.51. The Kier molecular flexibility index (Phi) is 7.06. The molecule has 4 rings (SSSR count). The number of fused-ring (bicyclic) bond motifs is 1. The summed E-state index contributed by atoms with van der Waals surface area (Å²) in [6.45, 7) is 0.709. The fraction of sp³-hybridized carbons (Fsp3) is 0.375. The number of rotatable bonds is 9. The third-order valence-corrected chi connectivity index (χ3v) is 6.54. The quantitative estimate of drug-likeness (QED) is 0.325. The molecule has 1 amide bonds. The van der Waals surface area contributed by atoms with Crippen molar-refractivity contribution in [2.24, 2.45) is 0 Å². The molecule has 1 heterocycles. The van der Waals surface area contributed by atoms with E-state index >= 15 is 0 Å². The van der Waals surface area contributed by atoms with Gasteiger partial charge in [-0.2, -0.15) is 0 Å². The minimum Gasteiger partial charge on any atom is -0.335 e. The molecule has 0 aliphatic heterocycles. The van der Waals surface area contributed by atoms with Crippen molar-refractivity contribution in [1.82, 2.24) is 14.5 Å². The molecule has 8 heteroatoms. The van der Waals surface area contributed by atoms with Gasteiger partial charge in [0.15, 0.2) is 4.77 Å². The van der Waals surface area contributed by atoms with E-state index in [9.17, 15) is 14.0 Å². The molecule has 1 aliphatic carbocycles. The van der Waals surface area contributed by atoms with Gasteiger partial charge in [0.05, 0.1) is 17.4 Å². The van der Waals surface area contributed by atoms with Crippen molar-refractivity contribution in [3.63, 3.8) is 0 Å². The number of benzene rings is 2. The molecule has 5 nitrogen and oxygen atoms in total. The Balaban J connectivity index is 1.31. The van der Waals surface area contributed by atoms with Crippen molar-refractivity contribution in [2.75, 3.05) is 0 Å². The fourth-order valence-electron chi connectivity index (χ4n) is 3.93. The van der Waals surface area contributed by atoms with Gasteiger partial charge >= 0.3 is 0 Å². The highest BCUT2D eigenvalue weighted by atomic mass is 35.5. The maximum absolute atomic E-state index is 14.2. The summed E-state index contributed by atoms with van der Waals surface area (Å²) in [6.07, 6.45) is 4.51. The van der Waals surface area contributed by atoms with Gasteiger partial charge in [-0.1, -0.05) is 36.2 Å². The van der Waals surface area contributed by atoms with Crippen molar-refractivity contribution in [2.45, 2.75) is 57.7 Å². The van der Waals surface area contributed by atoms with E-state index in [-0.39, 0.29) is 29.9 Å². The van der Waals surface area contributed by atoms with Gasteiger partial charge in [-0.15, -0.1) is 0 Å². The molecule has 0 bridgehead atoms. The minimum absolute atomic E-state index is 0.0204. The molecule has 3 aromatic rings. The number of para-hydroxylation sites is 1. The fourth-order valence-corrected chi connectivity index (χ4v) is 4.44. The number of amides is 1. The van der Waals surface area contributed by atoms with Gasteiger partial charge in [0.25, 0.3) is 5.56 Å². The number of aromatic nitrogens is 2. The van der Waals surface area contributed by atoms with E-state index < -0.39 is 0 Å². The Bertz CT molecular complexity index is 1230. The number of halogens is 2. The van der Waals surface area contributed by atoms with Crippen molar-refractivity contribution in [1.29, 1.82) is 0 Å². The van der Waals surface area contributed by atoms with E-state index in [1.807, 2.05) is 18.2 Å². The van der Waals surface area contributed by atoms with Crippen LogP contribution in [0.4, 0.5) is 4.39 Å². The smallest absolute Gasteiger partial charge is 0.262 e. The molecule has 0 saturated heterocycles. The van der Waals surface area contributed by atoms with Gasteiger partial charge in [-0.3, -0.25) is 14.2 Å². The summed E-state index contributed by atoms with van der Waals surface area (Å²) in [6, 6.07) is 12.1. The predicted molar refractivity (Wildman–Crippen MR) is 127 cm³/mol. The highest BCUT2D eigenvalue weighted by Gasteiger charge is 2.33.